The maximum atomic E-state index is 7.55. The zero-order chi connectivity index (χ0) is 29.7. The Morgan fingerprint density at radius 3 is 1.56 bits per heavy atom. The maximum absolute atomic E-state index is 7.55. The van der Waals surface area contributed by atoms with Gasteiger partial charge in [-0.2, -0.15) is 0 Å². The van der Waals surface area contributed by atoms with Crippen LogP contribution in [0.2, 0.25) is 36.3 Å². The van der Waals surface area contributed by atoms with Gasteiger partial charge in [-0.15, -0.1) is 0 Å². The fourth-order valence-electron chi connectivity index (χ4n) is 12.0. The SMILES string of the molecule is CCC[Si](CCC)(CCC)O[C@@H]1CC[C@@]2(C)[C@@H](CC[C@@H]3[C@@H]2CC[C@]2(C)[C@@H](O[Si](CCC)(CCC)CCC)CC[C@@H]32)C1. The summed E-state index contributed by atoms with van der Waals surface area (Å²) in [5, 5.41) is 0. The van der Waals surface area contributed by atoms with Gasteiger partial charge >= 0.3 is 0 Å². The van der Waals surface area contributed by atoms with Gasteiger partial charge < -0.3 is 8.85 Å². The van der Waals surface area contributed by atoms with Gasteiger partial charge in [0.1, 0.15) is 0 Å². The molecule has 4 saturated carbocycles. The van der Waals surface area contributed by atoms with E-state index in [1.807, 2.05) is 0 Å². The highest BCUT2D eigenvalue weighted by atomic mass is 28.4. The van der Waals surface area contributed by atoms with E-state index in [1.165, 1.54) is 133 Å². The molecule has 2 nitrogen and oxygen atoms in total. The highest BCUT2D eigenvalue weighted by molar-refractivity contribution is 6.74. The van der Waals surface area contributed by atoms with Crippen molar-refractivity contribution in [3.8, 4) is 0 Å². The van der Waals surface area contributed by atoms with Crippen molar-refractivity contribution < 1.29 is 8.85 Å². The van der Waals surface area contributed by atoms with E-state index in [0.717, 1.165) is 23.7 Å². The Kier molecular flexibility index (Phi) is 12.2. The smallest absolute Gasteiger partial charge is 0.193 e. The van der Waals surface area contributed by atoms with E-state index in [4.69, 9.17) is 8.85 Å². The molecule has 4 fully saturated rings. The second kappa shape index (κ2) is 14.6. The van der Waals surface area contributed by atoms with E-state index in [9.17, 15) is 0 Å². The van der Waals surface area contributed by atoms with Gasteiger partial charge in [-0.1, -0.05) is 93.9 Å². The molecule has 240 valence electrons. The van der Waals surface area contributed by atoms with E-state index >= 15 is 0 Å². The van der Waals surface area contributed by atoms with Crippen molar-refractivity contribution in [3.63, 3.8) is 0 Å². The summed E-state index contributed by atoms with van der Waals surface area (Å²) in [6, 6.07) is 8.33. The Balaban J connectivity index is 1.45. The van der Waals surface area contributed by atoms with Gasteiger partial charge in [0, 0.05) is 6.10 Å². The van der Waals surface area contributed by atoms with Gasteiger partial charge in [0.15, 0.2) is 16.6 Å². The van der Waals surface area contributed by atoms with Crippen molar-refractivity contribution in [2.24, 2.45) is 34.5 Å². The molecule has 0 spiro atoms. The quantitative estimate of drug-likeness (QED) is 0.163. The lowest BCUT2D eigenvalue weighted by Crippen LogP contribution is -2.56. The largest absolute Gasteiger partial charge is 0.414 e. The van der Waals surface area contributed by atoms with E-state index in [1.54, 1.807) is 0 Å². The van der Waals surface area contributed by atoms with E-state index in [2.05, 4.69) is 55.4 Å². The monoisotopic (exact) mass is 605 g/mol. The van der Waals surface area contributed by atoms with Crippen molar-refractivity contribution in [1.29, 1.82) is 0 Å². The van der Waals surface area contributed by atoms with Crippen LogP contribution < -0.4 is 0 Å². The molecule has 0 N–H and O–H groups in total. The first-order valence-corrected chi connectivity index (χ1v) is 24.1. The van der Waals surface area contributed by atoms with Crippen LogP contribution in [-0.4, -0.2) is 28.8 Å². The van der Waals surface area contributed by atoms with Crippen molar-refractivity contribution in [1.82, 2.24) is 0 Å². The second-order valence-electron chi connectivity index (χ2n) is 16.3. The average Bonchev–Trinajstić information content (AvgIpc) is 3.25. The molecule has 0 aliphatic heterocycles. The average molecular weight is 605 g/mol. The van der Waals surface area contributed by atoms with Gasteiger partial charge in [0.25, 0.3) is 0 Å². The Morgan fingerprint density at radius 1 is 0.537 bits per heavy atom. The van der Waals surface area contributed by atoms with Gasteiger partial charge in [0.2, 0.25) is 0 Å². The van der Waals surface area contributed by atoms with E-state index in [0.29, 0.717) is 23.0 Å². The first-order chi connectivity index (χ1) is 19.7. The fourth-order valence-corrected chi connectivity index (χ4v) is 21.6. The summed E-state index contributed by atoms with van der Waals surface area (Å²) < 4.78 is 14.9. The zero-order valence-electron chi connectivity index (χ0n) is 29.1. The first kappa shape index (κ1) is 34.2. The molecule has 0 aromatic rings. The van der Waals surface area contributed by atoms with Gasteiger partial charge in [-0.25, -0.2) is 0 Å². The Hall–Kier alpha value is 0.354. The summed E-state index contributed by atoms with van der Waals surface area (Å²) in [6.45, 7) is 19.8. The fraction of sp³-hybridized carbons (Fsp3) is 1.00. The third kappa shape index (κ3) is 6.96. The molecule has 8 atom stereocenters. The summed E-state index contributed by atoms with van der Waals surface area (Å²) in [6.07, 6.45) is 21.8. The molecular weight excluding hydrogens is 533 g/mol. The molecular formula is C37H72O2Si2. The molecule has 0 aromatic carbocycles. The Morgan fingerprint density at radius 2 is 1.02 bits per heavy atom. The molecule has 41 heavy (non-hydrogen) atoms. The van der Waals surface area contributed by atoms with Gasteiger partial charge in [-0.05, 0) is 129 Å². The van der Waals surface area contributed by atoms with Crippen molar-refractivity contribution in [3.05, 3.63) is 0 Å². The van der Waals surface area contributed by atoms with Crippen LogP contribution in [0.15, 0.2) is 0 Å². The third-order valence-corrected chi connectivity index (χ3v) is 23.7. The first-order valence-electron chi connectivity index (χ1n) is 19.0. The normalized spacial score (nSPS) is 37.5. The highest BCUT2D eigenvalue weighted by Gasteiger charge is 2.61. The minimum absolute atomic E-state index is 0.434. The molecule has 0 heterocycles. The number of fused-ring (bicyclic) bond motifs is 5. The zero-order valence-corrected chi connectivity index (χ0v) is 31.1. The summed E-state index contributed by atoms with van der Waals surface area (Å²) in [5.74, 6) is 3.71. The molecule has 4 heteroatoms. The molecule has 0 amide bonds. The van der Waals surface area contributed by atoms with Crippen molar-refractivity contribution in [2.45, 2.75) is 200 Å². The van der Waals surface area contributed by atoms with Crippen molar-refractivity contribution >= 4 is 16.6 Å². The minimum Gasteiger partial charge on any atom is -0.414 e. The summed E-state index contributed by atoms with van der Waals surface area (Å²) >= 11 is 0. The van der Waals surface area contributed by atoms with Crippen LogP contribution in [0.1, 0.15) is 152 Å². The standard InChI is InChI=1S/C37H72O2Si2/c1-9-23-40(24-10-2,25-11-3)38-31-19-21-36(7)30(29-31)15-16-32-33-17-18-35(37(33,8)22-20-34(32)36)39-41(26-12-4,27-13-5)28-14-6/h30-35H,9-29H2,1-8H3/t30-,31+,32-,33-,34-,35-,36-,37-/m0/s1. The number of hydrogen-bond acceptors (Lipinski definition) is 2. The molecule has 0 aromatic heterocycles. The van der Waals surface area contributed by atoms with Crippen LogP contribution in [0.5, 0.6) is 0 Å². The molecule has 0 saturated heterocycles. The summed E-state index contributed by atoms with van der Waals surface area (Å²) in [4.78, 5) is 0. The molecule has 4 aliphatic rings. The molecule has 4 rings (SSSR count). The second-order valence-corrected chi connectivity index (χ2v) is 24.5. The lowest BCUT2D eigenvalue weighted by molar-refractivity contribution is -0.131. The lowest BCUT2D eigenvalue weighted by atomic mass is 9.45. The highest BCUT2D eigenvalue weighted by Crippen LogP contribution is 2.67. The Labute approximate surface area is 259 Å². The molecule has 0 unspecified atom stereocenters. The predicted molar refractivity (Wildman–Crippen MR) is 184 cm³/mol. The van der Waals surface area contributed by atoms with Crippen LogP contribution in [0.3, 0.4) is 0 Å². The van der Waals surface area contributed by atoms with E-state index in [-0.39, 0.29) is 0 Å². The van der Waals surface area contributed by atoms with Crippen molar-refractivity contribution in [2.75, 3.05) is 0 Å². The van der Waals surface area contributed by atoms with Gasteiger partial charge in [-0.3, -0.25) is 0 Å². The Bertz CT molecular complexity index is 768. The van der Waals surface area contributed by atoms with Crippen LogP contribution in [-0.2, 0) is 8.85 Å². The third-order valence-electron chi connectivity index (χ3n) is 13.6. The van der Waals surface area contributed by atoms with E-state index < -0.39 is 16.6 Å². The summed E-state index contributed by atoms with van der Waals surface area (Å²) in [5.41, 5.74) is 0.989. The molecule has 0 bridgehead atoms. The lowest BCUT2D eigenvalue weighted by Gasteiger charge is -2.61. The molecule has 0 radical (unpaired) electrons. The molecule has 4 aliphatic carbocycles. The predicted octanol–water partition coefficient (Wildman–Crippen LogP) is 12.2. The topological polar surface area (TPSA) is 18.5 Å². The van der Waals surface area contributed by atoms with Crippen LogP contribution in [0, 0.1) is 34.5 Å². The maximum Gasteiger partial charge on any atom is 0.193 e. The van der Waals surface area contributed by atoms with Crippen LogP contribution in [0.4, 0.5) is 0 Å². The number of rotatable bonds is 16. The summed E-state index contributed by atoms with van der Waals surface area (Å²) in [7, 11) is -3.21. The minimum atomic E-state index is -1.63. The number of hydrogen-bond donors (Lipinski definition) is 0. The van der Waals surface area contributed by atoms with Crippen LogP contribution in [0.25, 0.3) is 0 Å². The van der Waals surface area contributed by atoms with Crippen LogP contribution >= 0.6 is 0 Å². The van der Waals surface area contributed by atoms with Gasteiger partial charge in [0.05, 0.1) is 6.10 Å².